The average molecular weight is 373 g/mol. The minimum Gasteiger partial charge on any atom is -0.465 e. The summed E-state index contributed by atoms with van der Waals surface area (Å²) in [5.41, 5.74) is 3.50. The van der Waals surface area contributed by atoms with Crippen LogP contribution in [0.25, 0.3) is 0 Å². The van der Waals surface area contributed by atoms with Gasteiger partial charge >= 0.3 is 5.97 Å². The Labute approximate surface area is 165 Å². The fourth-order valence-corrected chi connectivity index (χ4v) is 3.14. The molecule has 142 valence electrons. The van der Waals surface area contributed by atoms with Gasteiger partial charge in [-0.25, -0.2) is 4.79 Å². The molecule has 1 amide bonds. The summed E-state index contributed by atoms with van der Waals surface area (Å²) >= 11 is 0. The first-order chi connectivity index (χ1) is 13.7. The number of esters is 1. The highest BCUT2D eigenvalue weighted by Crippen LogP contribution is 2.24. The highest BCUT2D eigenvalue weighted by Gasteiger charge is 2.21. The molecule has 4 heteroatoms. The summed E-state index contributed by atoms with van der Waals surface area (Å²) in [5, 5.41) is 3.05. The number of rotatable bonds is 7. The van der Waals surface area contributed by atoms with E-state index in [2.05, 4.69) is 5.32 Å². The monoisotopic (exact) mass is 373 g/mol. The van der Waals surface area contributed by atoms with Crippen LogP contribution >= 0.6 is 0 Å². The van der Waals surface area contributed by atoms with Crippen molar-refractivity contribution in [2.45, 2.75) is 12.3 Å². The molecule has 0 aliphatic heterocycles. The number of nitrogens with one attached hydrogen (secondary N) is 1. The molecule has 0 aliphatic rings. The predicted octanol–water partition coefficient (Wildman–Crippen LogP) is 3.96. The van der Waals surface area contributed by atoms with E-state index in [1.165, 1.54) is 7.11 Å². The lowest BCUT2D eigenvalue weighted by Gasteiger charge is -2.18. The van der Waals surface area contributed by atoms with E-state index in [-0.39, 0.29) is 17.8 Å². The van der Waals surface area contributed by atoms with E-state index in [9.17, 15) is 9.59 Å². The first-order valence-electron chi connectivity index (χ1n) is 9.24. The lowest BCUT2D eigenvalue weighted by molar-refractivity contribution is -0.121. The van der Waals surface area contributed by atoms with E-state index in [1.807, 2.05) is 72.8 Å². The molecule has 1 N–H and O–H groups in total. The van der Waals surface area contributed by atoms with E-state index in [0.29, 0.717) is 18.5 Å². The predicted molar refractivity (Wildman–Crippen MR) is 109 cm³/mol. The Morgan fingerprint density at radius 3 is 1.86 bits per heavy atom. The van der Waals surface area contributed by atoms with Crippen LogP contribution in [0.2, 0.25) is 0 Å². The minimum absolute atomic E-state index is 0.0245. The summed E-state index contributed by atoms with van der Waals surface area (Å²) in [6, 6.07) is 26.8. The topological polar surface area (TPSA) is 55.4 Å². The Hall–Kier alpha value is -3.40. The van der Waals surface area contributed by atoms with Crippen LogP contribution in [-0.4, -0.2) is 25.5 Å². The van der Waals surface area contributed by atoms with E-state index in [1.54, 1.807) is 12.1 Å². The van der Waals surface area contributed by atoms with Crippen LogP contribution < -0.4 is 5.32 Å². The zero-order valence-corrected chi connectivity index (χ0v) is 15.8. The van der Waals surface area contributed by atoms with Gasteiger partial charge in [-0.2, -0.15) is 0 Å². The fourth-order valence-electron chi connectivity index (χ4n) is 3.14. The normalized spacial score (nSPS) is 10.5. The molecule has 4 nitrogen and oxygen atoms in total. The number of carbonyl (C=O) groups excluding carboxylic acids is 2. The maximum Gasteiger partial charge on any atom is 0.337 e. The summed E-state index contributed by atoms with van der Waals surface area (Å²) in [5.74, 6) is -0.721. The Balaban J connectivity index is 1.65. The van der Waals surface area contributed by atoms with Gasteiger partial charge in [-0.3, -0.25) is 4.79 Å². The number of hydrogen-bond donors (Lipinski definition) is 1. The number of methoxy groups -OCH3 is 1. The third-order valence-corrected chi connectivity index (χ3v) is 4.62. The van der Waals surface area contributed by atoms with Gasteiger partial charge in [0.05, 0.1) is 18.6 Å². The Morgan fingerprint density at radius 1 is 0.821 bits per heavy atom. The number of amides is 1. The number of benzene rings is 3. The lowest BCUT2D eigenvalue weighted by Crippen LogP contribution is -2.31. The van der Waals surface area contributed by atoms with Crippen molar-refractivity contribution in [2.75, 3.05) is 13.7 Å². The molecule has 0 aliphatic carbocycles. The van der Waals surface area contributed by atoms with Gasteiger partial charge in [0.15, 0.2) is 0 Å². The second-order valence-electron chi connectivity index (χ2n) is 6.48. The number of ether oxygens (including phenoxy) is 1. The summed E-state index contributed by atoms with van der Waals surface area (Å²) in [6.45, 7) is 0.520. The van der Waals surface area contributed by atoms with Crippen LogP contribution in [0.5, 0.6) is 0 Å². The molecule has 0 heterocycles. The maximum absolute atomic E-state index is 12.9. The molecule has 0 bridgehead atoms. The highest BCUT2D eigenvalue weighted by molar-refractivity contribution is 5.89. The smallest absolute Gasteiger partial charge is 0.337 e. The van der Waals surface area contributed by atoms with Gasteiger partial charge in [0.2, 0.25) is 5.91 Å². The number of hydrogen-bond acceptors (Lipinski definition) is 3. The Kier molecular flexibility index (Phi) is 6.58. The molecule has 3 aromatic carbocycles. The van der Waals surface area contributed by atoms with Crippen molar-refractivity contribution in [3.05, 3.63) is 107 Å². The third-order valence-electron chi connectivity index (χ3n) is 4.62. The molecule has 0 radical (unpaired) electrons. The quantitative estimate of drug-likeness (QED) is 0.638. The van der Waals surface area contributed by atoms with Crippen molar-refractivity contribution in [2.24, 2.45) is 0 Å². The molecule has 0 saturated carbocycles. The molecule has 0 spiro atoms. The zero-order valence-electron chi connectivity index (χ0n) is 15.8. The second kappa shape index (κ2) is 9.51. The van der Waals surface area contributed by atoms with E-state index < -0.39 is 0 Å². The summed E-state index contributed by atoms with van der Waals surface area (Å²) in [6.07, 6.45) is 0.684. The Bertz CT molecular complexity index is 866. The molecule has 3 rings (SSSR count). The fraction of sp³-hybridized carbons (Fsp3) is 0.167. The molecule has 0 aromatic heterocycles. The largest absolute Gasteiger partial charge is 0.465 e. The summed E-state index contributed by atoms with van der Waals surface area (Å²) < 4.78 is 4.70. The van der Waals surface area contributed by atoms with E-state index >= 15 is 0 Å². The van der Waals surface area contributed by atoms with Gasteiger partial charge in [0, 0.05) is 6.54 Å². The lowest BCUT2D eigenvalue weighted by atomic mass is 9.90. The van der Waals surface area contributed by atoms with Crippen LogP contribution in [0, 0.1) is 0 Å². The first-order valence-corrected chi connectivity index (χ1v) is 9.24. The van der Waals surface area contributed by atoms with Crippen LogP contribution in [0.3, 0.4) is 0 Å². The van der Waals surface area contributed by atoms with Gasteiger partial charge in [-0.15, -0.1) is 0 Å². The second-order valence-corrected chi connectivity index (χ2v) is 6.48. The molecule has 0 saturated heterocycles. The molecule has 28 heavy (non-hydrogen) atoms. The van der Waals surface area contributed by atoms with Crippen molar-refractivity contribution >= 4 is 11.9 Å². The maximum atomic E-state index is 12.9. The van der Waals surface area contributed by atoms with Crippen molar-refractivity contribution in [1.29, 1.82) is 0 Å². The zero-order chi connectivity index (χ0) is 19.8. The van der Waals surface area contributed by atoms with E-state index in [4.69, 9.17) is 4.74 Å². The third kappa shape index (κ3) is 4.86. The van der Waals surface area contributed by atoms with Gasteiger partial charge in [-0.05, 0) is 35.2 Å². The molecule has 0 unspecified atom stereocenters. The summed E-state index contributed by atoms with van der Waals surface area (Å²) in [7, 11) is 1.36. The van der Waals surface area contributed by atoms with Crippen molar-refractivity contribution in [3.8, 4) is 0 Å². The van der Waals surface area contributed by atoms with Crippen LogP contribution in [0.15, 0.2) is 84.9 Å². The molecule has 3 aromatic rings. The SMILES string of the molecule is COC(=O)c1ccc(CCNC(=O)C(c2ccccc2)c2ccccc2)cc1. The molecular formula is C24H23NO3. The molecule has 0 fully saturated rings. The van der Waals surface area contributed by atoms with Gasteiger partial charge in [0.1, 0.15) is 0 Å². The summed E-state index contributed by atoms with van der Waals surface area (Å²) in [4.78, 5) is 24.4. The minimum atomic E-state index is -0.353. The van der Waals surface area contributed by atoms with Crippen LogP contribution in [-0.2, 0) is 16.0 Å². The molecular weight excluding hydrogens is 350 g/mol. The Morgan fingerprint density at radius 2 is 1.36 bits per heavy atom. The van der Waals surface area contributed by atoms with Crippen molar-refractivity contribution in [1.82, 2.24) is 5.32 Å². The highest BCUT2D eigenvalue weighted by atomic mass is 16.5. The average Bonchev–Trinajstić information content (AvgIpc) is 2.75. The van der Waals surface area contributed by atoms with Crippen LogP contribution in [0.1, 0.15) is 33.0 Å². The van der Waals surface area contributed by atoms with Gasteiger partial charge in [-0.1, -0.05) is 72.8 Å². The van der Waals surface area contributed by atoms with Crippen molar-refractivity contribution < 1.29 is 14.3 Å². The van der Waals surface area contributed by atoms with Gasteiger partial charge in [0.25, 0.3) is 0 Å². The standard InChI is InChI=1S/C24H23NO3/c1-28-24(27)21-14-12-18(13-15-21)16-17-25-23(26)22(19-8-4-2-5-9-19)20-10-6-3-7-11-20/h2-15,22H,16-17H2,1H3,(H,25,26). The van der Waals surface area contributed by atoms with Crippen molar-refractivity contribution in [3.63, 3.8) is 0 Å². The van der Waals surface area contributed by atoms with Crippen LogP contribution in [0.4, 0.5) is 0 Å². The number of carbonyl (C=O) groups is 2. The molecule has 0 atom stereocenters. The first kappa shape index (κ1) is 19.4. The van der Waals surface area contributed by atoms with E-state index in [0.717, 1.165) is 16.7 Å². The van der Waals surface area contributed by atoms with Gasteiger partial charge < -0.3 is 10.1 Å².